The minimum Gasteiger partial charge on any atom is -0.369 e. The van der Waals surface area contributed by atoms with Gasteiger partial charge in [-0.1, -0.05) is 24.3 Å². The number of primary sulfonamides is 1. The molecule has 0 atom stereocenters. The van der Waals surface area contributed by atoms with Crippen molar-refractivity contribution in [2.75, 3.05) is 0 Å². The topological polar surface area (TPSA) is 116 Å². The van der Waals surface area contributed by atoms with E-state index in [0.717, 1.165) is 24.4 Å². The molecule has 0 radical (unpaired) electrons. The average Bonchev–Trinajstić information content (AvgIpc) is 2.66. The van der Waals surface area contributed by atoms with Crippen molar-refractivity contribution in [1.29, 1.82) is 0 Å². The van der Waals surface area contributed by atoms with Gasteiger partial charge in [0.05, 0.1) is 16.9 Å². The van der Waals surface area contributed by atoms with Gasteiger partial charge in [-0.25, -0.2) is 17.9 Å². The molecule has 3 aromatic rings. The van der Waals surface area contributed by atoms with Crippen LogP contribution in [-0.2, 0) is 27.4 Å². The molecule has 0 aliphatic rings. The average molecular weight is 453 g/mol. The third kappa shape index (κ3) is 4.89. The fraction of sp³-hybridized carbons (Fsp3) is 0.100. The highest BCUT2D eigenvalue weighted by Gasteiger charge is 2.32. The molecule has 4 N–H and O–H groups in total. The van der Waals surface area contributed by atoms with Crippen molar-refractivity contribution in [1.82, 2.24) is 4.98 Å². The highest BCUT2D eigenvalue weighted by molar-refractivity contribution is 7.89. The van der Waals surface area contributed by atoms with Gasteiger partial charge in [-0.2, -0.15) is 13.2 Å². The Labute approximate surface area is 174 Å². The second-order valence-electron chi connectivity index (χ2n) is 6.63. The number of sulfonamides is 1. The molecule has 162 valence electrons. The van der Waals surface area contributed by atoms with Crippen LogP contribution in [0.2, 0.25) is 0 Å². The fourth-order valence-corrected chi connectivity index (χ4v) is 4.21. The maximum absolute atomic E-state index is 13.9. The van der Waals surface area contributed by atoms with Crippen LogP contribution in [0.4, 0.5) is 17.6 Å². The maximum atomic E-state index is 13.9. The number of primary amides is 1. The number of nitrogens with two attached hydrogens (primary N) is 2. The Hall–Kier alpha value is -3.31. The Bertz CT molecular complexity index is 1270. The second-order valence-corrected chi connectivity index (χ2v) is 8.13. The molecule has 31 heavy (non-hydrogen) atoms. The van der Waals surface area contributed by atoms with E-state index in [4.69, 9.17) is 10.9 Å². The molecule has 6 nitrogen and oxygen atoms in total. The predicted molar refractivity (Wildman–Crippen MR) is 104 cm³/mol. The van der Waals surface area contributed by atoms with Crippen LogP contribution in [0, 0.1) is 5.82 Å². The van der Waals surface area contributed by atoms with Crippen molar-refractivity contribution in [3.63, 3.8) is 0 Å². The van der Waals surface area contributed by atoms with Crippen molar-refractivity contribution in [2.45, 2.75) is 17.5 Å². The highest BCUT2D eigenvalue weighted by Crippen LogP contribution is 2.39. The van der Waals surface area contributed by atoms with E-state index in [-0.39, 0.29) is 27.8 Å². The third-order valence-corrected chi connectivity index (χ3v) is 5.38. The van der Waals surface area contributed by atoms with Crippen LogP contribution >= 0.6 is 0 Å². The quantitative estimate of drug-likeness (QED) is 0.577. The van der Waals surface area contributed by atoms with Gasteiger partial charge in [0.15, 0.2) is 0 Å². The summed E-state index contributed by atoms with van der Waals surface area (Å²) in [5.74, 6) is -1.50. The summed E-state index contributed by atoms with van der Waals surface area (Å²) in [5.41, 5.74) is 3.83. The first-order valence-electron chi connectivity index (χ1n) is 8.63. The van der Waals surface area contributed by atoms with Gasteiger partial charge in [-0.05, 0) is 29.3 Å². The molecule has 3 rings (SSSR count). The van der Waals surface area contributed by atoms with E-state index in [2.05, 4.69) is 4.98 Å². The Balaban J connectivity index is 2.42. The number of nitrogens with zero attached hydrogens (tertiary/aromatic N) is 1. The highest BCUT2D eigenvalue weighted by atomic mass is 32.2. The van der Waals surface area contributed by atoms with Crippen LogP contribution in [0.15, 0.2) is 59.8 Å². The molecule has 1 amide bonds. The van der Waals surface area contributed by atoms with E-state index in [1.165, 1.54) is 24.3 Å². The number of hydrogen-bond acceptors (Lipinski definition) is 4. The molecule has 0 aliphatic carbocycles. The molecule has 0 saturated carbocycles. The normalized spacial score (nSPS) is 12.0. The summed E-state index contributed by atoms with van der Waals surface area (Å²) in [7, 11) is -4.56. The molecule has 1 aromatic heterocycles. The van der Waals surface area contributed by atoms with Crippen LogP contribution in [0.5, 0.6) is 0 Å². The Morgan fingerprint density at radius 3 is 2.32 bits per heavy atom. The lowest BCUT2D eigenvalue weighted by molar-refractivity contribution is -0.137. The number of aromatic nitrogens is 1. The zero-order chi connectivity index (χ0) is 23.0. The number of amides is 1. The summed E-state index contributed by atoms with van der Waals surface area (Å²) < 4.78 is 78.4. The Morgan fingerprint density at radius 1 is 1.03 bits per heavy atom. The SMILES string of the molecule is NC(=O)Cc1ccc(-c2cncc(C(F)(F)F)c2)c(S(N)(=O)=O)c1-c1cccc(F)c1. The van der Waals surface area contributed by atoms with Crippen molar-refractivity contribution in [3.8, 4) is 22.3 Å². The van der Waals surface area contributed by atoms with E-state index >= 15 is 0 Å². The second kappa shape index (κ2) is 8.08. The molecule has 0 aliphatic heterocycles. The molecule has 0 saturated heterocycles. The van der Waals surface area contributed by atoms with Gasteiger partial charge >= 0.3 is 6.18 Å². The van der Waals surface area contributed by atoms with Gasteiger partial charge in [0.2, 0.25) is 15.9 Å². The zero-order valence-corrected chi connectivity index (χ0v) is 16.5. The molecule has 0 fully saturated rings. The van der Waals surface area contributed by atoms with Gasteiger partial charge < -0.3 is 5.73 Å². The first kappa shape index (κ1) is 22.4. The molecule has 0 bridgehead atoms. The largest absolute Gasteiger partial charge is 0.417 e. The number of rotatable bonds is 5. The van der Waals surface area contributed by atoms with Gasteiger partial charge in [-0.3, -0.25) is 9.78 Å². The number of halogens is 4. The van der Waals surface area contributed by atoms with Crippen LogP contribution in [0.1, 0.15) is 11.1 Å². The predicted octanol–water partition coefficient (Wildman–Crippen LogP) is 3.25. The minimum absolute atomic E-state index is 0.0575. The van der Waals surface area contributed by atoms with E-state index in [1.807, 2.05) is 0 Å². The van der Waals surface area contributed by atoms with Gasteiger partial charge in [0.25, 0.3) is 0 Å². The van der Waals surface area contributed by atoms with Crippen molar-refractivity contribution < 1.29 is 30.8 Å². The summed E-state index contributed by atoms with van der Waals surface area (Å²) in [6.45, 7) is 0. The van der Waals surface area contributed by atoms with E-state index in [1.54, 1.807) is 0 Å². The first-order chi connectivity index (χ1) is 14.4. The van der Waals surface area contributed by atoms with Gasteiger partial charge in [-0.15, -0.1) is 0 Å². The van der Waals surface area contributed by atoms with E-state index in [0.29, 0.717) is 6.20 Å². The van der Waals surface area contributed by atoms with Crippen molar-refractivity contribution >= 4 is 15.9 Å². The van der Waals surface area contributed by atoms with Crippen molar-refractivity contribution in [2.24, 2.45) is 10.9 Å². The van der Waals surface area contributed by atoms with Gasteiger partial charge in [0.1, 0.15) is 5.82 Å². The lowest BCUT2D eigenvalue weighted by Crippen LogP contribution is -2.19. The fourth-order valence-electron chi connectivity index (χ4n) is 3.18. The lowest BCUT2D eigenvalue weighted by atomic mass is 9.92. The number of pyridine rings is 1. The summed E-state index contributed by atoms with van der Waals surface area (Å²) in [6, 6.07) is 8.08. The number of carbonyl (C=O) groups is 1. The summed E-state index contributed by atoms with van der Waals surface area (Å²) in [4.78, 5) is 14.5. The molecule has 11 heteroatoms. The molecule has 1 heterocycles. The first-order valence-corrected chi connectivity index (χ1v) is 10.2. The minimum atomic E-state index is -4.72. The molecule has 2 aromatic carbocycles. The smallest absolute Gasteiger partial charge is 0.369 e. The third-order valence-electron chi connectivity index (χ3n) is 4.38. The summed E-state index contributed by atoms with van der Waals surface area (Å²) >= 11 is 0. The standard InChI is InChI=1S/C20H15F4N3O3S/c21-15-3-1-2-11(7-15)18-12(8-17(25)28)4-5-16(19(18)31(26,29)30)13-6-14(10-27-9-13)20(22,23)24/h1-7,9-10H,8H2,(H2,25,28)(H2,26,29,30). The summed E-state index contributed by atoms with van der Waals surface area (Å²) in [5, 5.41) is 5.41. The maximum Gasteiger partial charge on any atom is 0.417 e. The number of hydrogen-bond donors (Lipinski definition) is 2. The number of carbonyl (C=O) groups excluding carboxylic acids is 1. The van der Waals surface area contributed by atoms with Gasteiger partial charge in [0, 0.05) is 29.1 Å². The van der Waals surface area contributed by atoms with Crippen molar-refractivity contribution in [3.05, 3.63) is 71.8 Å². The molecule has 0 spiro atoms. The number of alkyl halides is 3. The van der Waals surface area contributed by atoms with E-state index < -0.39 is 44.8 Å². The van der Waals surface area contributed by atoms with Crippen LogP contribution in [0.3, 0.4) is 0 Å². The molecular formula is C20H15F4N3O3S. The lowest BCUT2D eigenvalue weighted by Gasteiger charge is -2.18. The molecule has 0 unspecified atom stereocenters. The van der Waals surface area contributed by atoms with E-state index in [9.17, 15) is 30.8 Å². The van der Waals surface area contributed by atoms with Crippen LogP contribution in [-0.4, -0.2) is 19.3 Å². The Kier molecular flexibility index (Phi) is 5.83. The number of benzene rings is 2. The zero-order valence-electron chi connectivity index (χ0n) is 15.7. The molecular weight excluding hydrogens is 438 g/mol. The Morgan fingerprint density at radius 2 is 1.74 bits per heavy atom. The monoisotopic (exact) mass is 453 g/mol. The van der Waals surface area contributed by atoms with Crippen LogP contribution in [0.25, 0.3) is 22.3 Å². The summed E-state index contributed by atoms with van der Waals surface area (Å²) in [6.07, 6.45) is -3.49. The van der Waals surface area contributed by atoms with Crippen LogP contribution < -0.4 is 10.9 Å².